The van der Waals surface area contributed by atoms with Gasteiger partial charge in [-0.25, -0.2) is 14.1 Å². The molecule has 5 nitrogen and oxygen atoms in total. The Bertz CT molecular complexity index is 1050. The molecular weight excluding hydrogens is 355 g/mol. The fraction of sp³-hybridized carbons (Fsp3) is 0.409. The lowest BCUT2D eigenvalue weighted by Crippen LogP contribution is -2.23. The first kappa shape index (κ1) is 20.0. The van der Waals surface area contributed by atoms with Crippen molar-refractivity contribution in [1.29, 1.82) is 0 Å². The molecule has 2 aromatic heterocycles. The molecular formula is C22H27FN4O. The standard InChI is InChI=1S/C22H27FN4O/c1-13-18(10-11-19(28)25-17-9-7-8-16(23)12-17)14(2)24-21-20(13)15(3)26-27(21)22(4,5)6/h7-9,12H,10-11H2,1-6H3,(H,25,28). The van der Waals surface area contributed by atoms with E-state index in [1.807, 2.05) is 18.5 Å². The van der Waals surface area contributed by atoms with Gasteiger partial charge in [0.1, 0.15) is 5.82 Å². The molecule has 6 heteroatoms. The van der Waals surface area contributed by atoms with Gasteiger partial charge in [0.05, 0.1) is 11.2 Å². The average molecular weight is 382 g/mol. The third-order valence-electron chi connectivity index (χ3n) is 4.92. The summed E-state index contributed by atoms with van der Waals surface area (Å²) in [5.41, 5.74) is 5.23. The van der Waals surface area contributed by atoms with Crippen LogP contribution in [0.4, 0.5) is 10.1 Å². The van der Waals surface area contributed by atoms with Crippen LogP contribution in [0.25, 0.3) is 11.0 Å². The molecule has 0 saturated heterocycles. The van der Waals surface area contributed by atoms with Crippen LogP contribution in [0.5, 0.6) is 0 Å². The number of carbonyl (C=O) groups is 1. The molecule has 0 aliphatic rings. The summed E-state index contributed by atoms with van der Waals surface area (Å²) in [6.45, 7) is 12.4. The Kier molecular flexibility index (Phi) is 5.24. The first-order valence-electron chi connectivity index (χ1n) is 9.49. The highest BCUT2D eigenvalue weighted by Gasteiger charge is 2.23. The van der Waals surface area contributed by atoms with Crippen molar-refractivity contribution in [3.8, 4) is 0 Å². The maximum Gasteiger partial charge on any atom is 0.224 e. The highest BCUT2D eigenvalue weighted by Crippen LogP contribution is 2.29. The summed E-state index contributed by atoms with van der Waals surface area (Å²) in [5, 5.41) is 8.51. The third-order valence-corrected chi connectivity index (χ3v) is 4.92. The second-order valence-electron chi connectivity index (χ2n) is 8.23. The number of amides is 1. The fourth-order valence-corrected chi connectivity index (χ4v) is 3.57. The van der Waals surface area contributed by atoms with Crippen LogP contribution in [0.15, 0.2) is 24.3 Å². The Morgan fingerprint density at radius 3 is 2.54 bits per heavy atom. The van der Waals surface area contributed by atoms with Crippen LogP contribution in [0.3, 0.4) is 0 Å². The van der Waals surface area contributed by atoms with E-state index < -0.39 is 0 Å². The number of anilines is 1. The van der Waals surface area contributed by atoms with Crippen molar-refractivity contribution < 1.29 is 9.18 Å². The van der Waals surface area contributed by atoms with Crippen LogP contribution in [-0.2, 0) is 16.8 Å². The van der Waals surface area contributed by atoms with Gasteiger partial charge < -0.3 is 5.32 Å². The third kappa shape index (κ3) is 3.91. The van der Waals surface area contributed by atoms with Gasteiger partial charge in [0.2, 0.25) is 5.91 Å². The van der Waals surface area contributed by atoms with E-state index in [1.165, 1.54) is 12.1 Å². The summed E-state index contributed by atoms with van der Waals surface area (Å²) >= 11 is 0. The normalized spacial score (nSPS) is 11.8. The van der Waals surface area contributed by atoms with Crippen molar-refractivity contribution in [2.45, 2.75) is 59.9 Å². The molecule has 0 unspecified atom stereocenters. The molecule has 0 radical (unpaired) electrons. The number of halogens is 1. The molecule has 0 aliphatic heterocycles. The van der Waals surface area contributed by atoms with Crippen molar-refractivity contribution in [3.05, 3.63) is 52.6 Å². The van der Waals surface area contributed by atoms with Crippen LogP contribution in [0.2, 0.25) is 0 Å². The molecule has 148 valence electrons. The molecule has 3 rings (SSSR count). The van der Waals surface area contributed by atoms with E-state index in [-0.39, 0.29) is 17.3 Å². The van der Waals surface area contributed by atoms with Gasteiger partial charge in [-0.05, 0) is 77.3 Å². The number of hydrogen-bond acceptors (Lipinski definition) is 3. The molecule has 28 heavy (non-hydrogen) atoms. The molecule has 1 N–H and O–H groups in total. The number of rotatable bonds is 4. The zero-order valence-electron chi connectivity index (χ0n) is 17.4. The Morgan fingerprint density at radius 2 is 1.89 bits per heavy atom. The van der Waals surface area contributed by atoms with Crippen LogP contribution in [0.1, 0.15) is 49.7 Å². The van der Waals surface area contributed by atoms with E-state index in [1.54, 1.807) is 12.1 Å². The first-order chi connectivity index (χ1) is 13.1. The smallest absolute Gasteiger partial charge is 0.224 e. The number of nitrogens with zero attached hydrogens (tertiary/aromatic N) is 3. The maximum atomic E-state index is 13.3. The van der Waals surface area contributed by atoms with Gasteiger partial charge in [0.15, 0.2) is 5.65 Å². The van der Waals surface area contributed by atoms with Crippen molar-refractivity contribution in [2.24, 2.45) is 0 Å². The van der Waals surface area contributed by atoms with E-state index in [4.69, 9.17) is 10.1 Å². The highest BCUT2D eigenvalue weighted by molar-refractivity contribution is 5.91. The number of benzene rings is 1. The lowest BCUT2D eigenvalue weighted by atomic mass is 9.99. The number of aryl methyl sites for hydroxylation is 3. The van der Waals surface area contributed by atoms with Crippen LogP contribution < -0.4 is 5.32 Å². The SMILES string of the molecule is Cc1nc2c(c(C)nn2C(C)(C)C)c(C)c1CCC(=O)Nc1cccc(F)c1. The Balaban J connectivity index is 1.85. The lowest BCUT2D eigenvalue weighted by Gasteiger charge is -2.20. The predicted molar refractivity (Wildman–Crippen MR) is 110 cm³/mol. The Hall–Kier alpha value is -2.76. The molecule has 0 fully saturated rings. The van der Waals surface area contributed by atoms with E-state index in [9.17, 15) is 9.18 Å². The second kappa shape index (κ2) is 7.34. The number of pyridine rings is 1. The van der Waals surface area contributed by atoms with Gasteiger partial charge in [-0.15, -0.1) is 0 Å². The first-order valence-corrected chi connectivity index (χ1v) is 9.49. The van der Waals surface area contributed by atoms with Crippen LogP contribution in [0, 0.1) is 26.6 Å². The summed E-state index contributed by atoms with van der Waals surface area (Å²) in [7, 11) is 0. The van der Waals surface area contributed by atoms with Gasteiger partial charge in [-0.3, -0.25) is 4.79 Å². The summed E-state index contributed by atoms with van der Waals surface area (Å²) in [4.78, 5) is 17.1. The Labute approximate surface area is 165 Å². The maximum absolute atomic E-state index is 13.3. The van der Waals surface area contributed by atoms with Crippen LogP contribution in [-0.4, -0.2) is 20.7 Å². The van der Waals surface area contributed by atoms with Crippen molar-refractivity contribution in [1.82, 2.24) is 14.8 Å². The van der Waals surface area contributed by atoms with Gasteiger partial charge in [-0.1, -0.05) is 6.07 Å². The average Bonchev–Trinajstić information content (AvgIpc) is 2.91. The largest absolute Gasteiger partial charge is 0.326 e. The van der Waals surface area contributed by atoms with E-state index in [0.717, 1.165) is 33.5 Å². The minimum Gasteiger partial charge on any atom is -0.326 e. The van der Waals surface area contributed by atoms with Crippen molar-refractivity contribution in [3.63, 3.8) is 0 Å². The molecule has 0 saturated carbocycles. The molecule has 3 aromatic rings. The fourth-order valence-electron chi connectivity index (χ4n) is 3.57. The summed E-state index contributed by atoms with van der Waals surface area (Å²) < 4.78 is 15.2. The number of hydrogen-bond donors (Lipinski definition) is 1. The zero-order valence-corrected chi connectivity index (χ0v) is 17.4. The highest BCUT2D eigenvalue weighted by atomic mass is 19.1. The van der Waals surface area contributed by atoms with Gasteiger partial charge in [0, 0.05) is 23.2 Å². The van der Waals surface area contributed by atoms with Crippen molar-refractivity contribution >= 4 is 22.6 Å². The monoisotopic (exact) mass is 382 g/mol. The van der Waals surface area contributed by atoms with E-state index in [0.29, 0.717) is 18.5 Å². The van der Waals surface area contributed by atoms with E-state index in [2.05, 4.69) is 33.0 Å². The van der Waals surface area contributed by atoms with Gasteiger partial charge in [-0.2, -0.15) is 5.10 Å². The zero-order chi connectivity index (χ0) is 20.6. The molecule has 2 heterocycles. The topological polar surface area (TPSA) is 59.8 Å². The molecule has 1 aromatic carbocycles. The molecule has 0 atom stereocenters. The molecule has 0 spiro atoms. The second-order valence-corrected chi connectivity index (χ2v) is 8.23. The van der Waals surface area contributed by atoms with Gasteiger partial charge >= 0.3 is 0 Å². The molecule has 0 aliphatic carbocycles. The quantitative estimate of drug-likeness (QED) is 0.704. The minimum absolute atomic E-state index is 0.147. The minimum atomic E-state index is -0.370. The number of carbonyl (C=O) groups excluding carboxylic acids is 1. The Morgan fingerprint density at radius 1 is 1.18 bits per heavy atom. The predicted octanol–water partition coefficient (Wildman–Crippen LogP) is 4.82. The van der Waals surface area contributed by atoms with Crippen LogP contribution >= 0.6 is 0 Å². The molecule has 1 amide bonds. The van der Waals surface area contributed by atoms with Gasteiger partial charge in [0.25, 0.3) is 0 Å². The van der Waals surface area contributed by atoms with E-state index >= 15 is 0 Å². The number of aromatic nitrogens is 3. The summed E-state index contributed by atoms with van der Waals surface area (Å²) in [5.74, 6) is -0.517. The number of nitrogens with one attached hydrogen (secondary N) is 1. The molecule has 0 bridgehead atoms. The number of fused-ring (bicyclic) bond motifs is 1. The summed E-state index contributed by atoms with van der Waals surface area (Å²) in [6.07, 6.45) is 0.875. The van der Waals surface area contributed by atoms with Crippen molar-refractivity contribution in [2.75, 3.05) is 5.32 Å². The summed E-state index contributed by atoms with van der Waals surface area (Å²) in [6, 6.07) is 5.91. The lowest BCUT2D eigenvalue weighted by molar-refractivity contribution is -0.116.